The average molecular weight is 387 g/mol. The lowest BCUT2D eigenvalue weighted by Crippen LogP contribution is -2.45. The van der Waals surface area contributed by atoms with Gasteiger partial charge in [0.1, 0.15) is 5.78 Å². The molecule has 0 saturated heterocycles. The molecule has 0 aromatic heterocycles. The first-order chi connectivity index (χ1) is 11.5. The van der Waals surface area contributed by atoms with E-state index in [2.05, 4.69) is 39.7 Å². The Bertz CT molecular complexity index is 735. The summed E-state index contributed by atoms with van der Waals surface area (Å²) in [4.78, 5) is 27.3. The Hall–Kier alpha value is -1.14. The van der Waals surface area contributed by atoms with Crippen molar-refractivity contribution in [2.75, 3.05) is 0 Å². The van der Waals surface area contributed by atoms with Crippen molar-refractivity contribution < 1.29 is 9.59 Å². The number of hydrogen-bond acceptors (Lipinski definition) is 2. The molecule has 3 unspecified atom stereocenters. The minimum atomic E-state index is -0.151. The highest BCUT2D eigenvalue weighted by Gasteiger charge is 2.56. The van der Waals surface area contributed by atoms with Crippen LogP contribution < -0.4 is 0 Å². The van der Waals surface area contributed by atoms with E-state index in [1.807, 2.05) is 6.08 Å². The number of halogens is 1. The smallest absolute Gasteiger partial charge is 0.155 e. The van der Waals surface area contributed by atoms with Crippen molar-refractivity contribution in [3.8, 4) is 10.8 Å². The molecule has 4 aliphatic carbocycles. The van der Waals surface area contributed by atoms with Crippen LogP contribution in [0, 0.1) is 33.4 Å². The Labute approximate surface area is 152 Å². The van der Waals surface area contributed by atoms with E-state index in [0.717, 1.165) is 44.9 Å². The molecule has 0 aliphatic heterocycles. The van der Waals surface area contributed by atoms with Crippen LogP contribution in [0.3, 0.4) is 0 Å². The first-order valence-corrected chi connectivity index (χ1v) is 9.87. The number of Topliss-reactive ketones (excluding diaryl/α,β-unsaturated/α-hetero) is 1. The van der Waals surface area contributed by atoms with Crippen LogP contribution in [-0.4, -0.2) is 11.6 Å². The zero-order valence-corrected chi connectivity index (χ0v) is 15.7. The van der Waals surface area contributed by atoms with Gasteiger partial charge in [0.25, 0.3) is 0 Å². The number of carbonyl (C=O) groups excluding carboxylic acids is 2. The van der Waals surface area contributed by atoms with Gasteiger partial charge in [0.05, 0.1) is 0 Å². The Morgan fingerprint density at radius 1 is 1.25 bits per heavy atom. The van der Waals surface area contributed by atoms with Crippen LogP contribution in [0.2, 0.25) is 0 Å². The predicted octanol–water partition coefficient (Wildman–Crippen LogP) is 4.73. The van der Waals surface area contributed by atoms with Gasteiger partial charge in [-0.15, -0.1) is 0 Å². The van der Waals surface area contributed by atoms with Gasteiger partial charge < -0.3 is 0 Å². The Morgan fingerprint density at radius 3 is 2.88 bits per heavy atom. The first-order valence-electron chi connectivity index (χ1n) is 9.07. The number of ketones is 2. The molecule has 0 aromatic rings. The van der Waals surface area contributed by atoms with Gasteiger partial charge >= 0.3 is 0 Å². The van der Waals surface area contributed by atoms with Crippen LogP contribution in [-0.2, 0) is 9.59 Å². The lowest BCUT2D eigenvalue weighted by atomic mass is 9.50. The second kappa shape index (κ2) is 5.70. The van der Waals surface area contributed by atoms with Crippen molar-refractivity contribution in [1.82, 2.24) is 0 Å². The van der Waals surface area contributed by atoms with E-state index in [1.54, 1.807) is 0 Å². The summed E-state index contributed by atoms with van der Waals surface area (Å²) in [5, 5.41) is 0. The first kappa shape index (κ1) is 16.3. The molecule has 0 aromatic carbocycles. The fraction of sp³-hybridized carbons (Fsp3) is 0.619. The molecule has 4 rings (SSSR count). The van der Waals surface area contributed by atoms with Crippen molar-refractivity contribution >= 4 is 27.5 Å². The standard InChI is InChI=1S/C21H23BrO2/c1-20-10-8-18-16(17(20)5-6-19(20)24)4-3-14-13-15(23)7-11-21(14,18)9-2-12-22/h8,13,16-17H,3-7,9-11H2,1H3/t16?,17?,20?,21-/m0/s1. The van der Waals surface area contributed by atoms with E-state index < -0.39 is 0 Å². The van der Waals surface area contributed by atoms with Crippen molar-refractivity contribution in [2.24, 2.45) is 22.7 Å². The van der Waals surface area contributed by atoms with Gasteiger partial charge in [0, 0.05) is 46.0 Å². The van der Waals surface area contributed by atoms with E-state index in [4.69, 9.17) is 0 Å². The maximum Gasteiger partial charge on any atom is 0.155 e. The van der Waals surface area contributed by atoms with Crippen LogP contribution in [0.5, 0.6) is 0 Å². The number of hydrogen-bond donors (Lipinski definition) is 0. The Kier molecular flexibility index (Phi) is 3.88. The second-order valence-corrected chi connectivity index (χ2v) is 8.56. The SMILES string of the molecule is CC12CC=C3C(CCC4=CC(=O)CC[C@@]43CC#CBr)C1CCC2=O. The minimum Gasteiger partial charge on any atom is -0.299 e. The molecule has 2 fully saturated rings. The van der Waals surface area contributed by atoms with Crippen LogP contribution in [0.15, 0.2) is 23.3 Å². The van der Waals surface area contributed by atoms with E-state index in [-0.39, 0.29) is 16.6 Å². The van der Waals surface area contributed by atoms with E-state index in [1.165, 1.54) is 11.1 Å². The zero-order valence-electron chi connectivity index (χ0n) is 14.2. The average Bonchev–Trinajstić information content (AvgIpc) is 2.88. The minimum absolute atomic E-state index is 0.0510. The number of allylic oxidation sites excluding steroid dienone is 4. The summed E-state index contributed by atoms with van der Waals surface area (Å²) in [5.74, 6) is 4.95. The Morgan fingerprint density at radius 2 is 2.08 bits per heavy atom. The van der Waals surface area contributed by atoms with Crippen molar-refractivity contribution in [3.63, 3.8) is 0 Å². The molecule has 0 bridgehead atoms. The normalized spacial score (nSPS) is 40.6. The van der Waals surface area contributed by atoms with Crippen molar-refractivity contribution in [1.29, 1.82) is 0 Å². The van der Waals surface area contributed by atoms with Crippen LogP contribution in [0.25, 0.3) is 0 Å². The Balaban J connectivity index is 1.81. The van der Waals surface area contributed by atoms with Crippen molar-refractivity contribution in [3.05, 3.63) is 23.3 Å². The molecular formula is C21H23BrO2. The van der Waals surface area contributed by atoms with Gasteiger partial charge in [0.2, 0.25) is 0 Å². The summed E-state index contributed by atoms with van der Waals surface area (Å²) in [6.07, 6.45) is 11.3. The van der Waals surface area contributed by atoms with Gasteiger partial charge in [0.15, 0.2) is 5.78 Å². The van der Waals surface area contributed by atoms with Crippen LogP contribution in [0.4, 0.5) is 0 Å². The van der Waals surface area contributed by atoms with E-state index in [9.17, 15) is 9.59 Å². The quantitative estimate of drug-likeness (QED) is 0.481. The van der Waals surface area contributed by atoms with Gasteiger partial charge in [-0.25, -0.2) is 0 Å². The monoisotopic (exact) mass is 386 g/mol. The topological polar surface area (TPSA) is 34.1 Å². The number of rotatable bonds is 1. The number of carbonyl (C=O) groups is 2. The maximum absolute atomic E-state index is 12.5. The van der Waals surface area contributed by atoms with Crippen LogP contribution in [0.1, 0.15) is 58.3 Å². The van der Waals surface area contributed by atoms with Gasteiger partial charge in [-0.2, -0.15) is 0 Å². The highest BCUT2D eigenvalue weighted by Crippen LogP contribution is 2.63. The van der Waals surface area contributed by atoms with E-state index in [0.29, 0.717) is 24.0 Å². The zero-order chi connectivity index (χ0) is 16.9. The third-order valence-electron chi connectivity index (χ3n) is 7.25. The van der Waals surface area contributed by atoms with Gasteiger partial charge in [-0.3, -0.25) is 9.59 Å². The summed E-state index contributed by atoms with van der Waals surface area (Å²) in [5.41, 5.74) is 2.59. The largest absolute Gasteiger partial charge is 0.299 e. The third kappa shape index (κ3) is 2.15. The summed E-state index contributed by atoms with van der Waals surface area (Å²) in [6.45, 7) is 2.18. The second-order valence-electron chi connectivity index (χ2n) is 8.16. The molecule has 2 nitrogen and oxygen atoms in total. The fourth-order valence-electron chi connectivity index (χ4n) is 5.95. The lowest BCUT2D eigenvalue weighted by molar-refractivity contribution is -0.127. The van der Waals surface area contributed by atoms with Crippen LogP contribution >= 0.6 is 15.9 Å². The van der Waals surface area contributed by atoms with Gasteiger partial charge in [-0.05, 0) is 54.8 Å². The van der Waals surface area contributed by atoms with Crippen molar-refractivity contribution in [2.45, 2.75) is 58.3 Å². The number of fused-ring (bicyclic) bond motifs is 5. The molecule has 126 valence electrons. The molecule has 0 radical (unpaired) electrons. The highest BCUT2D eigenvalue weighted by atomic mass is 79.9. The highest BCUT2D eigenvalue weighted by molar-refractivity contribution is 9.12. The molecule has 0 N–H and O–H groups in total. The predicted molar refractivity (Wildman–Crippen MR) is 97.3 cm³/mol. The maximum atomic E-state index is 12.5. The summed E-state index contributed by atoms with van der Waals surface area (Å²) in [6, 6.07) is 0. The summed E-state index contributed by atoms with van der Waals surface area (Å²) < 4.78 is 0. The molecule has 2 saturated carbocycles. The molecular weight excluding hydrogens is 364 g/mol. The third-order valence-corrected chi connectivity index (χ3v) is 7.53. The molecule has 0 spiro atoms. The van der Waals surface area contributed by atoms with Gasteiger partial charge in [-0.1, -0.05) is 30.1 Å². The van der Waals surface area contributed by atoms with E-state index >= 15 is 0 Å². The fourth-order valence-corrected chi connectivity index (χ4v) is 6.09. The molecule has 4 atom stereocenters. The molecule has 24 heavy (non-hydrogen) atoms. The molecule has 3 heteroatoms. The lowest BCUT2D eigenvalue weighted by Gasteiger charge is -2.53. The summed E-state index contributed by atoms with van der Waals surface area (Å²) in [7, 11) is 0. The molecule has 0 heterocycles. The molecule has 4 aliphatic rings. The molecule has 0 amide bonds. The summed E-state index contributed by atoms with van der Waals surface area (Å²) >= 11 is 3.24.